The van der Waals surface area contributed by atoms with Crippen LogP contribution in [0.5, 0.6) is 0 Å². The van der Waals surface area contributed by atoms with Gasteiger partial charge < -0.3 is 5.32 Å². The highest BCUT2D eigenvalue weighted by Gasteiger charge is 2.49. The van der Waals surface area contributed by atoms with Crippen molar-refractivity contribution in [3.63, 3.8) is 0 Å². The molecule has 0 aliphatic carbocycles. The topological polar surface area (TPSA) is 49.4 Å². The van der Waals surface area contributed by atoms with Crippen LogP contribution in [0.1, 0.15) is 23.6 Å². The number of amides is 3. The zero-order valence-corrected chi connectivity index (χ0v) is 13.7. The molecule has 2 aromatic rings. The summed E-state index contributed by atoms with van der Waals surface area (Å²) in [6.07, 6.45) is 0. The predicted molar refractivity (Wildman–Crippen MR) is 89.1 cm³/mol. The fourth-order valence-corrected chi connectivity index (χ4v) is 3.06. The van der Waals surface area contributed by atoms with Crippen LogP contribution in [0.15, 0.2) is 48.5 Å². The molecule has 1 atom stereocenters. The molecule has 4 nitrogen and oxygen atoms in total. The van der Waals surface area contributed by atoms with E-state index in [0.29, 0.717) is 5.02 Å². The fraction of sp³-hybridized carbons (Fsp3) is 0.222. The van der Waals surface area contributed by atoms with Gasteiger partial charge in [0, 0.05) is 5.02 Å². The van der Waals surface area contributed by atoms with Crippen molar-refractivity contribution in [3.8, 4) is 0 Å². The molecule has 118 valence electrons. The molecule has 1 N–H and O–H groups in total. The highest BCUT2D eigenvalue weighted by atomic mass is 35.5. The molecule has 1 heterocycles. The summed E-state index contributed by atoms with van der Waals surface area (Å²) < 4.78 is 0. The molecule has 0 aromatic heterocycles. The summed E-state index contributed by atoms with van der Waals surface area (Å²) in [5.74, 6) is -0.244. The van der Waals surface area contributed by atoms with Gasteiger partial charge in [-0.25, -0.2) is 4.79 Å². The number of halogens is 1. The molecule has 0 bridgehead atoms. The number of benzene rings is 2. The Kier molecular flexibility index (Phi) is 3.86. The minimum atomic E-state index is -1.03. The van der Waals surface area contributed by atoms with Gasteiger partial charge in [0.05, 0.1) is 6.54 Å². The Morgan fingerprint density at radius 2 is 1.74 bits per heavy atom. The Hall–Kier alpha value is -2.33. The summed E-state index contributed by atoms with van der Waals surface area (Å²) in [4.78, 5) is 26.4. The molecule has 0 radical (unpaired) electrons. The summed E-state index contributed by atoms with van der Waals surface area (Å²) >= 11 is 5.87. The first kappa shape index (κ1) is 15.6. The minimum absolute atomic E-state index is 0.226. The summed E-state index contributed by atoms with van der Waals surface area (Å²) in [6.45, 7) is 3.91. The molecule has 1 aliphatic rings. The number of aryl methyl sites for hydroxylation is 1. The van der Waals surface area contributed by atoms with Gasteiger partial charge in [0.1, 0.15) is 5.54 Å². The Labute approximate surface area is 140 Å². The van der Waals surface area contributed by atoms with Crippen LogP contribution in [0.25, 0.3) is 0 Å². The lowest BCUT2D eigenvalue weighted by atomic mass is 9.88. The maximum absolute atomic E-state index is 12.9. The van der Waals surface area contributed by atoms with E-state index in [9.17, 15) is 9.59 Å². The second-order valence-electron chi connectivity index (χ2n) is 5.89. The number of urea groups is 1. The molecule has 5 heteroatoms. The number of imide groups is 1. The standard InChI is InChI=1S/C18H17ClN2O2/c1-12-5-3-4-6-15(12)18(2)16(22)21(17(23)20-18)11-13-7-9-14(19)10-8-13/h3-10H,11H2,1-2H3,(H,20,23). The average molecular weight is 329 g/mol. The summed E-state index contributed by atoms with van der Waals surface area (Å²) in [6, 6.07) is 14.3. The van der Waals surface area contributed by atoms with Crippen molar-refractivity contribution in [3.05, 3.63) is 70.2 Å². The number of carbonyl (C=O) groups excluding carboxylic acids is 2. The van der Waals surface area contributed by atoms with Gasteiger partial charge in [-0.1, -0.05) is 48.0 Å². The van der Waals surface area contributed by atoms with Crippen LogP contribution in [0, 0.1) is 6.92 Å². The molecular formula is C18H17ClN2O2. The first-order valence-electron chi connectivity index (χ1n) is 7.36. The van der Waals surface area contributed by atoms with Gasteiger partial charge in [-0.15, -0.1) is 0 Å². The normalized spacial score (nSPS) is 20.7. The zero-order chi connectivity index (χ0) is 16.6. The van der Waals surface area contributed by atoms with Crippen LogP contribution in [0.3, 0.4) is 0 Å². The van der Waals surface area contributed by atoms with Crippen LogP contribution in [-0.2, 0) is 16.9 Å². The van der Waals surface area contributed by atoms with E-state index >= 15 is 0 Å². The van der Waals surface area contributed by atoms with Gasteiger partial charge in [0.15, 0.2) is 0 Å². The van der Waals surface area contributed by atoms with Gasteiger partial charge >= 0.3 is 6.03 Å². The van der Waals surface area contributed by atoms with Gasteiger partial charge in [-0.05, 0) is 42.7 Å². The number of nitrogens with one attached hydrogen (secondary N) is 1. The lowest BCUT2D eigenvalue weighted by Crippen LogP contribution is -2.41. The molecule has 0 spiro atoms. The number of nitrogens with zero attached hydrogens (tertiary/aromatic N) is 1. The molecule has 3 amide bonds. The third-order valence-electron chi connectivity index (χ3n) is 4.21. The monoisotopic (exact) mass is 328 g/mol. The molecule has 1 aliphatic heterocycles. The van der Waals surface area contributed by atoms with E-state index in [-0.39, 0.29) is 18.5 Å². The Balaban J connectivity index is 1.91. The first-order valence-corrected chi connectivity index (χ1v) is 7.74. The maximum Gasteiger partial charge on any atom is 0.325 e. The number of carbonyl (C=O) groups is 2. The number of hydrogen-bond donors (Lipinski definition) is 1. The molecular weight excluding hydrogens is 312 g/mol. The van der Waals surface area contributed by atoms with Gasteiger partial charge in [-0.3, -0.25) is 9.69 Å². The van der Waals surface area contributed by atoms with E-state index in [0.717, 1.165) is 16.7 Å². The summed E-state index contributed by atoms with van der Waals surface area (Å²) in [7, 11) is 0. The third-order valence-corrected chi connectivity index (χ3v) is 4.46. The Bertz CT molecular complexity index is 773. The Morgan fingerprint density at radius 1 is 1.09 bits per heavy atom. The SMILES string of the molecule is Cc1ccccc1C1(C)NC(=O)N(Cc2ccc(Cl)cc2)C1=O. The van der Waals surface area contributed by atoms with Crippen LogP contribution >= 0.6 is 11.6 Å². The quantitative estimate of drug-likeness (QED) is 0.875. The van der Waals surface area contributed by atoms with E-state index in [1.807, 2.05) is 43.3 Å². The minimum Gasteiger partial charge on any atom is -0.319 e. The van der Waals surface area contributed by atoms with E-state index in [4.69, 9.17) is 11.6 Å². The van der Waals surface area contributed by atoms with Crippen molar-refractivity contribution < 1.29 is 9.59 Å². The van der Waals surface area contributed by atoms with Crippen LogP contribution in [0.4, 0.5) is 4.79 Å². The highest BCUT2D eigenvalue weighted by molar-refractivity contribution is 6.30. The molecule has 23 heavy (non-hydrogen) atoms. The fourth-order valence-electron chi connectivity index (χ4n) is 2.93. The Morgan fingerprint density at radius 3 is 2.39 bits per heavy atom. The summed E-state index contributed by atoms with van der Waals surface area (Å²) in [5, 5.41) is 3.45. The van der Waals surface area contributed by atoms with Gasteiger partial charge in [0.2, 0.25) is 0 Å². The predicted octanol–water partition coefficient (Wildman–Crippen LogP) is 3.62. The van der Waals surface area contributed by atoms with E-state index in [1.54, 1.807) is 19.1 Å². The van der Waals surface area contributed by atoms with Crippen molar-refractivity contribution in [2.45, 2.75) is 25.9 Å². The van der Waals surface area contributed by atoms with Crippen molar-refractivity contribution in [1.29, 1.82) is 0 Å². The van der Waals surface area contributed by atoms with E-state index < -0.39 is 5.54 Å². The van der Waals surface area contributed by atoms with Crippen LogP contribution < -0.4 is 5.32 Å². The average Bonchev–Trinajstić information content (AvgIpc) is 2.74. The molecule has 1 fully saturated rings. The second kappa shape index (κ2) is 5.70. The van der Waals surface area contributed by atoms with Crippen LogP contribution in [0.2, 0.25) is 5.02 Å². The zero-order valence-electron chi connectivity index (χ0n) is 13.0. The second-order valence-corrected chi connectivity index (χ2v) is 6.32. The molecule has 2 aromatic carbocycles. The summed E-state index contributed by atoms with van der Waals surface area (Å²) in [5.41, 5.74) is 1.61. The van der Waals surface area contributed by atoms with Crippen molar-refractivity contribution >= 4 is 23.5 Å². The largest absolute Gasteiger partial charge is 0.325 e. The van der Waals surface area contributed by atoms with Crippen molar-refractivity contribution in [2.24, 2.45) is 0 Å². The molecule has 3 rings (SSSR count). The highest BCUT2D eigenvalue weighted by Crippen LogP contribution is 2.31. The van der Waals surface area contributed by atoms with Crippen molar-refractivity contribution in [1.82, 2.24) is 10.2 Å². The van der Waals surface area contributed by atoms with E-state index in [1.165, 1.54) is 4.90 Å². The van der Waals surface area contributed by atoms with Crippen LogP contribution in [-0.4, -0.2) is 16.8 Å². The number of hydrogen-bond acceptors (Lipinski definition) is 2. The lowest BCUT2D eigenvalue weighted by Gasteiger charge is -2.24. The smallest absolute Gasteiger partial charge is 0.319 e. The van der Waals surface area contributed by atoms with Gasteiger partial charge in [-0.2, -0.15) is 0 Å². The maximum atomic E-state index is 12.9. The molecule has 1 unspecified atom stereocenters. The lowest BCUT2D eigenvalue weighted by molar-refractivity contribution is -0.131. The number of rotatable bonds is 3. The first-order chi connectivity index (χ1) is 10.9. The molecule has 1 saturated heterocycles. The van der Waals surface area contributed by atoms with Crippen molar-refractivity contribution in [2.75, 3.05) is 0 Å². The molecule has 0 saturated carbocycles. The third kappa shape index (κ3) is 2.70. The van der Waals surface area contributed by atoms with Gasteiger partial charge in [0.25, 0.3) is 5.91 Å². The van der Waals surface area contributed by atoms with E-state index in [2.05, 4.69) is 5.32 Å².